The molecule has 1 N–H and O–H groups in total. The SMILES string of the molecule is CCCOc1ccc(C(=O)Nc2scc([C@H]3COc4ccccc4O3)c2C(=O)OCC)cc1. The third-order valence-electron chi connectivity index (χ3n) is 4.97. The Morgan fingerprint density at radius 1 is 1.09 bits per heavy atom. The normalized spacial score (nSPS) is 14.4. The summed E-state index contributed by atoms with van der Waals surface area (Å²) in [6.07, 6.45) is 0.400. The van der Waals surface area contributed by atoms with Crippen LogP contribution in [0.15, 0.2) is 53.9 Å². The first-order valence-corrected chi connectivity index (χ1v) is 11.7. The molecule has 3 aromatic rings. The number of nitrogens with one attached hydrogen (secondary N) is 1. The third kappa shape index (κ3) is 5.12. The first kappa shape index (κ1) is 22.7. The second kappa shape index (κ2) is 10.4. The maximum absolute atomic E-state index is 12.9. The van der Waals surface area contributed by atoms with E-state index in [0.29, 0.717) is 40.0 Å². The number of thiophene rings is 1. The zero-order chi connectivity index (χ0) is 23.2. The van der Waals surface area contributed by atoms with E-state index in [4.69, 9.17) is 18.9 Å². The molecule has 0 saturated carbocycles. The van der Waals surface area contributed by atoms with Gasteiger partial charge in [-0.25, -0.2) is 4.79 Å². The van der Waals surface area contributed by atoms with Gasteiger partial charge in [-0.2, -0.15) is 0 Å². The molecule has 0 unspecified atom stereocenters. The number of para-hydroxylation sites is 2. The fourth-order valence-electron chi connectivity index (χ4n) is 3.38. The van der Waals surface area contributed by atoms with Crippen LogP contribution in [0.25, 0.3) is 0 Å². The van der Waals surface area contributed by atoms with Gasteiger partial charge in [0.15, 0.2) is 17.6 Å². The molecule has 8 heteroatoms. The van der Waals surface area contributed by atoms with Crippen LogP contribution in [0, 0.1) is 0 Å². The Bertz CT molecular complexity index is 1120. The van der Waals surface area contributed by atoms with Crippen LogP contribution in [-0.4, -0.2) is 31.7 Å². The number of amides is 1. The van der Waals surface area contributed by atoms with E-state index in [-0.39, 0.29) is 24.7 Å². The monoisotopic (exact) mass is 467 g/mol. The second-order valence-corrected chi connectivity index (χ2v) is 8.19. The summed E-state index contributed by atoms with van der Waals surface area (Å²) in [5.41, 5.74) is 1.35. The number of hydrogen-bond donors (Lipinski definition) is 1. The first-order chi connectivity index (χ1) is 16.1. The van der Waals surface area contributed by atoms with Crippen LogP contribution < -0.4 is 19.5 Å². The van der Waals surface area contributed by atoms with E-state index in [1.807, 2.05) is 31.2 Å². The van der Waals surface area contributed by atoms with Crippen LogP contribution in [0.5, 0.6) is 17.2 Å². The van der Waals surface area contributed by atoms with Crippen LogP contribution in [0.3, 0.4) is 0 Å². The standard InChI is InChI=1S/C25H25NO6S/c1-3-13-30-17-11-9-16(10-12-17)23(27)26-24-22(25(28)29-4-2)18(15-33-24)21-14-31-19-7-5-6-8-20(19)32-21/h5-12,15,21H,3-4,13-14H2,1-2H3,(H,26,27)/t21-/m1/s1. The van der Waals surface area contributed by atoms with E-state index in [1.165, 1.54) is 11.3 Å². The van der Waals surface area contributed by atoms with Crippen LogP contribution in [0.2, 0.25) is 0 Å². The molecule has 172 valence electrons. The number of carbonyl (C=O) groups is 2. The molecule has 0 spiro atoms. The Hall–Kier alpha value is -3.52. The fourth-order valence-corrected chi connectivity index (χ4v) is 4.37. The van der Waals surface area contributed by atoms with Crippen LogP contribution in [-0.2, 0) is 4.74 Å². The van der Waals surface area contributed by atoms with Gasteiger partial charge in [0, 0.05) is 16.5 Å². The smallest absolute Gasteiger partial charge is 0.341 e. The van der Waals surface area contributed by atoms with Crippen molar-refractivity contribution in [2.24, 2.45) is 0 Å². The lowest BCUT2D eigenvalue weighted by Gasteiger charge is -2.26. The summed E-state index contributed by atoms with van der Waals surface area (Å²) in [6, 6.07) is 14.2. The number of fused-ring (bicyclic) bond motifs is 1. The molecule has 0 aliphatic carbocycles. The molecule has 1 atom stereocenters. The summed E-state index contributed by atoms with van der Waals surface area (Å²) in [7, 11) is 0. The molecule has 1 aliphatic heterocycles. The predicted molar refractivity (Wildman–Crippen MR) is 126 cm³/mol. The van der Waals surface area contributed by atoms with Crippen molar-refractivity contribution in [2.45, 2.75) is 26.4 Å². The van der Waals surface area contributed by atoms with Gasteiger partial charge in [-0.3, -0.25) is 4.79 Å². The Labute approximate surface area is 196 Å². The Morgan fingerprint density at radius 3 is 2.58 bits per heavy atom. The minimum Gasteiger partial charge on any atom is -0.494 e. The molecule has 33 heavy (non-hydrogen) atoms. The predicted octanol–water partition coefficient (Wildman–Crippen LogP) is 5.48. The van der Waals surface area contributed by atoms with Crippen LogP contribution in [0.1, 0.15) is 52.7 Å². The molecule has 0 radical (unpaired) electrons. The summed E-state index contributed by atoms with van der Waals surface area (Å²) in [5, 5.41) is 5.05. The highest BCUT2D eigenvalue weighted by Gasteiger charge is 2.31. The van der Waals surface area contributed by atoms with Crippen molar-refractivity contribution in [3.05, 3.63) is 70.6 Å². The van der Waals surface area contributed by atoms with E-state index < -0.39 is 12.1 Å². The van der Waals surface area contributed by atoms with Gasteiger partial charge in [-0.05, 0) is 49.7 Å². The number of benzene rings is 2. The quantitative estimate of drug-likeness (QED) is 0.442. The summed E-state index contributed by atoms with van der Waals surface area (Å²) in [4.78, 5) is 25.7. The topological polar surface area (TPSA) is 83.1 Å². The lowest BCUT2D eigenvalue weighted by molar-refractivity contribution is 0.0513. The zero-order valence-corrected chi connectivity index (χ0v) is 19.3. The van der Waals surface area contributed by atoms with Gasteiger partial charge in [-0.15, -0.1) is 11.3 Å². The molecule has 1 amide bonds. The maximum Gasteiger partial charge on any atom is 0.341 e. The van der Waals surface area contributed by atoms with Crippen molar-refractivity contribution in [1.29, 1.82) is 0 Å². The molecule has 2 aromatic carbocycles. The second-order valence-electron chi connectivity index (χ2n) is 7.31. The molecular weight excluding hydrogens is 442 g/mol. The third-order valence-corrected chi connectivity index (χ3v) is 5.88. The van der Waals surface area contributed by atoms with Gasteiger partial charge in [0.2, 0.25) is 0 Å². The average molecular weight is 468 g/mol. The summed E-state index contributed by atoms with van der Waals surface area (Å²) in [6.45, 7) is 4.84. The molecule has 4 rings (SSSR count). The summed E-state index contributed by atoms with van der Waals surface area (Å²) < 4.78 is 22.7. The molecule has 1 aromatic heterocycles. The number of esters is 1. The first-order valence-electron chi connectivity index (χ1n) is 10.8. The van der Waals surface area contributed by atoms with E-state index in [9.17, 15) is 9.59 Å². The van der Waals surface area contributed by atoms with Gasteiger partial charge >= 0.3 is 5.97 Å². The van der Waals surface area contributed by atoms with Crippen molar-refractivity contribution < 1.29 is 28.5 Å². The van der Waals surface area contributed by atoms with E-state index >= 15 is 0 Å². The fraction of sp³-hybridized carbons (Fsp3) is 0.280. The Morgan fingerprint density at radius 2 is 1.85 bits per heavy atom. The van der Waals surface area contributed by atoms with Gasteiger partial charge in [0.05, 0.1) is 13.2 Å². The zero-order valence-electron chi connectivity index (χ0n) is 18.5. The van der Waals surface area contributed by atoms with Gasteiger partial charge in [0.1, 0.15) is 22.9 Å². The number of ether oxygens (including phenoxy) is 4. The highest BCUT2D eigenvalue weighted by atomic mass is 32.1. The van der Waals surface area contributed by atoms with E-state index in [0.717, 1.165) is 6.42 Å². The Balaban J connectivity index is 1.56. The minimum absolute atomic E-state index is 0.214. The molecule has 7 nitrogen and oxygen atoms in total. The summed E-state index contributed by atoms with van der Waals surface area (Å²) >= 11 is 1.25. The number of rotatable bonds is 8. The minimum atomic E-state index is -0.519. The van der Waals surface area contributed by atoms with Crippen molar-refractivity contribution in [3.8, 4) is 17.2 Å². The van der Waals surface area contributed by atoms with E-state index in [1.54, 1.807) is 36.6 Å². The van der Waals surface area contributed by atoms with Crippen LogP contribution >= 0.6 is 11.3 Å². The number of hydrogen-bond acceptors (Lipinski definition) is 7. The average Bonchev–Trinajstić information content (AvgIpc) is 3.26. The van der Waals surface area contributed by atoms with Crippen molar-refractivity contribution in [3.63, 3.8) is 0 Å². The highest BCUT2D eigenvalue weighted by molar-refractivity contribution is 7.15. The molecule has 0 bridgehead atoms. The largest absolute Gasteiger partial charge is 0.494 e. The van der Waals surface area contributed by atoms with Gasteiger partial charge in [-0.1, -0.05) is 19.1 Å². The van der Waals surface area contributed by atoms with Crippen LogP contribution in [0.4, 0.5) is 5.00 Å². The lowest BCUT2D eigenvalue weighted by atomic mass is 10.1. The Kier molecular flexibility index (Phi) is 7.14. The van der Waals surface area contributed by atoms with Crippen molar-refractivity contribution in [1.82, 2.24) is 0 Å². The molecule has 0 saturated heterocycles. The van der Waals surface area contributed by atoms with Crippen molar-refractivity contribution >= 4 is 28.2 Å². The molecule has 2 heterocycles. The molecule has 1 aliphatic rings. The van der Waals surface area contributed by atoms with E-state index in [2.05, 4.69) is 5.32 Å². The maximum atomic E-state index is 12.9. The highest BCUT2D eigenvalue weighted by Crippen LogP contribution is 2.40. The lowest BCUT2D eigenvalue weighted by Crippen LogP contribution is -2.24. The molecule has 0 fully saturated rings. The number of carbonyl (C=O) groups excluding carboxylic acids is 2. The number of anilines is 1. The van der Waals surface area contributed by atoms with Gasteiger partial charge in [0.25, 0.3) is 5.91 Å². The summed E-state index contributed by atoms with van der Waals surface area (Å²) in [5.74, 6) is 1.11. The van der Waals surface area contributed by atoms with Gasteiger partial charge < -0.3 is 24.3 Å². The van der Waals surface area contributed by atoms with Crippen molar-refractivity contribution in [2.75, 3.05) is 25.1 Å². The molecular formula is C25H25NO6S.